The highest BCUT2D eigenvalue weighted by Gasteiger charge is 2.26. The van der Waals surface area contributed by atoms with Crippen LogP contribution in [0.3, 0.4) is 0 Å². The molecule has 5 heteroatoms. The van der Waals surface area contributed by atoms with Crippen molar-refractivity contribution in [2.75, 3.05) is 13.1 Å². The minimum Gasteiger partial charge on any atom is -0.507 e. The van der Waals surface area contributed by atoms with Gasteiger partial charge in [-0.1, -0.05) is 30.3 Å². The van der Waals surface area contributed by atoms with Crippen molar-refractivity contribution < 1.29 is 14.7 Å². The molecule has 130 valence electrons. The number of nitrogens with one attached hydrogen (secondary N) is 1. The number of hydrogen-bond donors (Lipinski definition) is 2. The lowest BCUT2D eigenvalue weighted by Crippen LogP contribution is -2.46. The molecule has 0 atom stereocenters. The molecule has 2 aromatic rings. The summed E-state index contributed by atoms with van der Waals surface area (Å²) < 4.78 is 0. The predicted molar refractivity (Wildman–Crippen MR) is 95.7 cm³/mol. The number of para-hydroxylation sites is 1. The first kappa shape index (κ1) is 17.0. The number of likely N-dealkylation sites (tertiary alicyclic amines) is 1. The van der Waals surface area contributed by atoms with Crippen LogP contribution in [0.5, 0.6) is 5.75 Å². The van der Waals surface area contributed by atoms with Crippen LogP contribution >= 0.6 is 0 Å². The molecule has 5 nitrogen and oxygen atoms in total. The summed E-state index contributed by atoms with van der Waals surface area (Å²) in [6.45, 7) is 3.04. The number of piperidine rings is 1. The van der Waals surface area contributed by atoms with Crippen LogP contribution in [0.2, 0.25) is 0 Å². The molecule has 0 aromatic heterocycles. The first-order valence-corrected chi connectivity index (χ1v) is 8.50. The van der Waals surface area contributed by atoms with Gasteiger partial charge in [-0.25, -0.2) is 0 Å². The number of phenolic OH excluding ortho intramolecular Hbond substituents is 1. The normalized spacial score (nSPS) is 15.0. The molecule has 0 aliphatic carbocycles. The van der Waals surface area contributed by atoms with Crippen LogP contribution in [0, 0.1) is 6.92 Å². The van der Waals surface area contributed by atoms with E-state index in [0.29, 0.717) is 37.1 Å². The number of aromatic hydroxyl groups is 1. The zero-order valence-corrected chi connectivity index (χ0v) is 14.2. The van der Waals surface area contributed by atoms with E-state index in [1.165, 1.54) is 6.07 Å². The van der Waals surface area contributed by atoms with Crippen LogP contribution in [-0.2, 0) is 0 Å². The number of benzene rings is 2. The molecule has 0 unspecified atom stereocenters. The van der Waals surface area contributed by atoms with E-state index in [2.05, 4.69) is 5.32 Å². The number of rotatable bonds is 3. The van der Waals surface area contributed by atoms with E-state index in [9.17, 15) is 14.7 Å². The Kier molecular flexibility index (Phi) is 5.03. The van der Waals surface area contributed by atoms with Gasteiger partial charge in [-0.05, 0) is 43.5 Å². The van der Waals surface area contributed by atoms with Gasteiger partial charge in [-0.2, -0.15) is 0 Å². The van der Waals surface area contributed by atoms with Crippen molar-refractivity contribution in [3.8, 4) is 5.75 Å². The summed E-state index contributed by atoms with van der Waals surface area (Å²) in [6, 6.07) is 14.1. The number of carbonyl (C=O) groups is 2. The van der Waals surface area contributed by atoms with Crippen LogP contribution in [0.25, 0.3) is 0 Å². The van der Waals surface area contributed by atoms with Gasteiger partial charge in [0.05, 0.1) is 5.56 Å². The quantitative estimate of drug-likeness (QED) is 0.904. The SMILES string of the molecule is Cc1ccccc1C(=O)NC1CCN(C(=O)c2ccccc2O)CC1. The Labute approximate surface area is 147 Å². The molecule has 1 saturated heterocycles. The minimum atomic E-state index is -0.165. The summed E-state index contributed by atoms with van der Waals surface area (Å²) in [4.78, 5) is 26.6. The van der Waals surface area contributed by atoms with Gasteiger partial charge in [0.25, 0.3) is 11.8 Å². The third-order valence-electron chi connectivity index (χ3n) is 4.64. The highest BCUT2D eigenvalue weighted by Crippen LogP contribution is 2.21. The standard InChI is InChI=1S/C20H22N2O3/c1-14-6-2-3-7-16(14)19(24)21-15-10-12-22(13-11-15)20(25)17-8-4-5-9-18(17)23/h2-9,15,23H,10-13H2,1H3,(H,21,24). The lowest BCUT2D eigenvalue weighted by Gasteiger charge is -2.32. The molecule has 25 heavy (non-hydrogen) atoms. The minimum absolute atomic E-state index is 0.00230. The largest absolute Gasteiger partial charge is 0.507 e. The topological polar surface area (TPSA) is 69.6 Å². The molecule has 2 N–H and O–H groups in total. The van der Waals surface area contributed by atoms with Crippen LogP contribution in [0.4, 0.5) is 0 Å². The summed E-state index contributed by atoms with van der Waals surface area (Å²) in [7, 11) is 0. The maximum absolute atomic E-state index is 12.5. The van der Waals surface area contributed by atoms with Crippen LogP contribution < -0.4 is 5.32 Å². The van der Waals surface area contributed by atoms with E-state index in [1.54, 1.807) is 23.1 Å². The van der Waals surface area contributed by atoms with E-state index in [4.69, 9.17) is 0 Å². The van der Waals surface area contributed by atoms with Gasteiger partial charge in [0.1, 0.15) is 5.75 Å². The summed E-state index contributed by atoms with van der Waals surface area (Å²) >= 11 is 0. The van der Waals surface area contributed by atoms with Crippen LogP contribution in [0.15, 0.2) is 48.5 Å². The monoisotopic (exact) mass is 338 g/mol. The molecule has 0 bridgehead atoms. The zero-order chi connectivity index (χ0) is 17.8. The smallest absolute Gasteiger partial charge is 0.257 e. The maximum Gasteiger partial charge on any atom is 0.257 e. The molecule has 1 fully saturated rings. The molecule has 2 aromatic carbocycles. The van der Waals surface area contributed by atoms with Crippen molar-refractivity contribution in [3.05, 3.63) is 65.2 Å². The second kappa shape index (κ2) is 7.38. The summed E-state index contributed by atoms with van der Waals surface area (Å²) in [5.74, 6) is -0.229. The van der Waals surface area contributed by atoms with E-state index in [-0.39, 0.29) is 23.6 Å². The molecule has 2 amide bonds. The van der Waals surface area contributed by atoms with Gasteiger partial charge >= 0.3 is 0 Å². The predicted octanol–water partition coefficient (Wildman–Crippen LogP) is 2.74. The zero-order valence-electron chi connectivity index (χ0n) is 14.2. The first-order valence-electron chi connectivity index (χ1n) is 8.50. The van der Waals surface area contributed by atoms with Gasteiger partial charge < -0.3 is 15.3 Å². The maximum atomic E-state index is 12.5. The van der Waals surface area contributed by atoms with E-state index >= 15 is 0 Å². The number of phenols is 1. The Balaban J connectivity index is 1.57. The Morgan fingerprint density at radius 2 is 1.60 bits per heavy atom. The Bertz CT molecular complexity index is 780. The van der Waals surface area contributed by atoms with Crippen molar-refractivity contribution >= 4 is 11.8 Å². The highest BCUT2D eigenvalue weighted by atomic mass is 16.3. The Morgan fingerprint density at radius 3 is 2.24 bits per heavy atom. The molecule has 0 saturated carbocycles. The third kappa shape index (κ3) is 3.82. The summed E-state index contributed by atoms with van der Waals surface area (Å²) in [6.07, 6.45) is 1.41. The molecular formula is C20H22N2O3. The van der Waals surface area contributed by atoms with E-state index in [1.807, 2.05) is 31.2 Å². The van der Waals surface area contributed by atoms with Crippen molar-refractivity contribution in [1.82, 2.24) is 10.2 Å². The fraction of sp³-hybridized carbons (Fsp3) is 0.300. The lowest BCUT2D eigenvalue weighted by atomic mass is 10.0. The number of hydrogen-bond acceptors (Lipinski definition) is 3. The van der Waals surface area contributed by atoms with Crippen molar-refractivity contribution in [2.24, 2.45) is 0 Å². The van der Waals surface area contributed by atoms with Gasteiger partial charge in [0.2, 0.25) is 0 Å². The Morgan fingerprint density at radius 1 is 1.00 bits per heavy atom. The van der Waals surface area contributed by atoms with Gasteiger partial charge in [0, 0.05) is 24.7 Å². The fourth-order valence-electron chi connectivity index (χ4n) is 3.14. The van der Waals surface area contributed by atoms with Gasteiger partial charge in [-0.3, -0.25) is 9.59 Å². The molecular weight excluding hydrogens is 316 g/mol. The fourth-order valence-corrected chi connectivity index (χ4v) is 3.14. The summed E-state index contributed by atoms with van der Waals surface area (Å²) in [5.41, 5.74) is 1.97. The molecule has 1 aliphatic heterocycles. The summed E-state index contributed by atoms with van der Waals surface area (Å²) in [5, 5.41) is 12.9. The molecule has 1 aliphatic rings. The average Bonchev–Trinajstić information content (AvgIpc) is 2.62. The van der Waals surface area contributed by atoms with Gasteiger partial charge in [0.15, 0.2) is 0 Å². The van der Waals surface area contributed by atoms with E-state index < -0.39 is 0 Å². The number of carbonyl (C=O) groups excluding carboxylic acids is 2. The van der Waals surface area contributed by atoms with Crippen LogP contribution in [0.1, 0.15) is 39.1 Å². The average molecular weight is 338 g/mol. The highest BCUT2D eigenvalue weighted by molar-refractivity contribution is 5.97. The second-order valence-electron chi connectivity index (χ2n) is 6.37. The van der Waals surface area contributed by atoms with Crippen molar-refractivity contribution in [1.29, 1.82) is 0 Å². The third-order valence-corrected chi connectivity index (χ3v) is 4.64. The lowest BCUT2D eigenvalue weighted by molar-refractivity contribution is 0.0695. The van der Waals surface area contributed by atoms with E-state index in [0.717, 1.165) is 5.56 Å². The first-order chi connectivity index (χ1) is 12.1. The number of aryl methyl sites for hydroxylation is 1. The molecule has 0 spiro atoms. The van der Waals surface area contributed by atoms with Crippen LogP contribution in [-0.4, -0.2) is 41.0 Å². The van der Waals surface area contributed by atoms with Crippen molar-refractivity contribution in [2.45, 2.75) is 25.8 Å². The molecule has 1 heterocycles. The second-order valence-corrected chi connectivity index (χ2v) is 6.37. The number of amides is 2. The van der Waals surface area contributed by atoms with Gasteiger partial charge in [-0.15, -0.1) is 0 Å². The van der Waals surface area contributed by atoms with Crippen molar-refractivity contribution in [3.63, 3.8) is 0 Å². The Hall–Kier alpha value is -2.82. The molecule has 0 radical (unpaired) electrons. The molecule has 3 rings (SSSR count). The number of nitrogens with zero attached hydrogens (tertiary/aromatic N) is 1.